The summed E-state index contributed by atoms with van der Waals surface area (Å²) in [5.74, 6) is 1.22. The number of carbonyl (C=O) groups is 1. The Labute approximate surface area is 248 Å². The Balaban J connectivity index is 1.42. The Hall–Kier alpha value is -4.14. The first kappa shape index (κ1) is 29.4. The minimum absolute atomic E-state index is 0.0389. The van der Waals surface area contributed by atoms with Crippen LogP contribution in [0, 0.1) is 11.3 Å². The largest absolute Gasteiger partial charge is 0.497 e. The molecule has 0 bridgehead atoms. The van der Waals surface area contributed by atoms with Gasteiger partial charge in [-0.05, 0) is 73.7 Å². The quantitative estimate of drug-likeness (QED) is 0.0976. The Morgan fingerprint density at radius 3 is 2.48 bits per heavy atom. The van der Waals surface area contributed by atoms with E-state index in [1.54, 1.807) is 7.11 Å². The Bertz CT molecular complexity index is 1450. The van der Waals surface area contributed by atoms with Crippen molar-refractivity contribution >= 4 is 22.6 Å². The summed E-state index contributed by atoms with van der Waals surface area (Å²) in [7, 11) is 1.65. The third-order valence-electron chi connectivity index (χ3n) is 8.28. The molecule has 1 amide bonds. The highest BCUT2D eigenvalue weighted by molar-refractivity contribution is 5.84. The van der Waals surface area contributed by atoms with Gasteiger partial charge in [-0.1, -0.05) is 60.7 Å². The number of amides is 1. The third kappa shape index (κ3) is 7.38. The van der Waals surface area contributed by atoms with Gasteiger partial charge in [-0.15, -0.1) is 0 Å². The van der Waals surface area contributed by atoms with E-state index in [1.807, 2.05) is 65.7 Å². The van der Waals surface area contributed by atoms with Crippen LogP contribution in [0.3, 0.4) is 0 Å². The molecule has 4 aromatic rings. The first-order valence-corrected chi connectivity index (χ1v) is 14.8. The van der Waals surface area contributed by atoms with Gasteiger partial charge in [0.25, 0.3) is 0 Å². The van der Waals surface area contributed by atoms with E-state index in [9.17, 15) is 10.2 Å². The van der Waals surface area contributed by atoms with Crippen molar-refractivity contribution in [2.45, 2.75) is 50.9 Å². The molecule has 1 unspecified atom stereocenters. The maximum absolute atomic E-state index is 13.5. The number of nitrogens with zero attached hydrogens (tertiary/aromatic N) is 1. The molecule has 0 saturated carbocycles. The molecular weight excluding hydrogens is 524 g/mol. The van der Waals surface area contributed by atoms with Crippen molar-refractivity contribution in [3.05, 3.63) is 102 Å². The zero-order valence-electron chi connectivity index (χ0n) is 24.3. The van der Waals surface area contributed by atoms with Gasteiger partial charge in [-0.3, -0.25) is 10.2 Å². The number of aryl methyl sites for hydroxylation is 1. The van der Waals surface area contributed by atoms with Crippen LogP contribution >= 0.6 is 0 Å². The predicted octanol–water partition coefficient (Wildman–Crippen LogP) is 4.60. The van der Waals surface area contributed by atoms with E-state index in [2.05, 4.69) is 39.9 Å². The molecule has 5 rings (SSSR count). The molecule has 2 atom stereocenters. The van der Waals surface area contributed by atoms with E-state index in [-0.39, 0.29) is 11.8 Å². The van der Waals surface area contributed by atoms with Crippen LogP contribution in [0.15, 0.2) is 85.1 Å². The number of nitrogens with two attached hydrogens (primary N) is 1. The Kier molecular flexibility index (Phi) is 9.90. The number of nitrogens with one attached hydrogen (secondary N) is 4. The number of hydrogen-bond donors (Lipinski definition) is 5. The number of amidine groups is 1. The Morgan fingerprint density at radius 1 is 1.02 bits per heavy atom. The summed E-state index contributed by atoms with van der Waals surface area (Å²) in [5, 5.41) is 17.0. The SMILES string of the molecule is COc1ccc(CN(C(=N)CCc2ccccc2)C(N)[C@@H](Cc2c[nH]c3ccccc23)NC(=O)C2CCNCC2)cc1. The summed E-state index contributed by atoms with van der Waals surface area (Å²) in [4.78, 5) is 18.9. The molecule has 0 aliphatic carbocycles. The molecule has 1 aliphatic heterocycles. The molecular formula is C34H42N6O2. The number of H-pyrrole nitrogens is 1. The Morgan fingerprint density at radius 2 is 1.74 bits per heavy atom. The van der Waals surface area contributed by atoms with Crippen LogP contribution in [0.4, 0.5) is 0 Å². The number of carbonyl (C=O) groups excluding carboxylic acids is 1. The van der Waals surface area contributed by atoms with Crippen molar-refractivity contribution in [2.24, 2.45) is 11.7 Å². The maximum atomic E-state index is 13.5. The van der Waals surface area contributed by atoms with Gasteiger partial charge >= 0.3 is 0 Å². The second kappa shape index (κ2) is 14.2. The highest BCUT2D eigenvalue weighted by atomic mass is 16.5. The zero-order chi connectivity index (χ0) is 29.3. The van der Waals surface area contributed by atoms with Crippen LogP contribution in [0.2, 0.25) is 0 Å². The average Bonchev–Trinajstić information content (AvgIpc) is 3.45. The number of para-hydroxylation sites is 1. The smallest absolute Gasteiger partial charge is 0.223 e. The van der Waals surface area contributed by atoms with Crippen LogP contribution in [0.5, 0.6) is 5.75 Å². The number of ether oxygens (including phenoxy) is 1. The third-order valence-corrected chi connectivity index (χ3v) is 8.28. The standard InChI is InChI=1S/C34H42N6O2/c1-42-28-14-11-25(12-15-28)23-40(32(35)16-13-24-7-3-2-4-8-24)33(36)31(39-34(41)26-17-19-37-20-18-26)21-27-22-38-30-10-6-5-9-29(27)30/h2-12,14-15,22,26,31,33,35,37-38H,13,16-21,23,36H2,1H3,(H,39,41)/t31-,33?/m1/s1. The van der Waals surface area contributed by atoms with Crippen molar-refractivity contribution in [2.75, 3.05) is 20.2 Å². The lowest BCUT2D eigenvalue weighted by molar-refractivity contribution is -0.126. The number of aromatic nitrogens is 1. The molecule has 1 saturated heterocycles. The van der Waals surface area contributed by atoms with Gasteiger partial charge in [-0.25, -0.2) is 0 Å². The molecule has 1 aromatic heterocycles. The first-order valence-electron chi connectivity index (χ1n) is 14.8. The molecule has 1 aliphatic rings. The number of rotatable bonds is 12. The fraction of sp³-hybridized carbons (Fsp3) is 0.353. The second-order valence-electron chi connectivity index (χ2n) is 11.1. The van der Waals surface area contributed by atoms with Crippen LogP contribution < -0.4 is 21.1 Å². The highest BCUT2D eigenvalue weighted by Crippen LogP contribution is 2.23. The van der Waals surface area contributed by atoms with Crippen molar-refractivity contribution in [1.82, 2.24) is 20.5 Å². The number of piperidine rings is 1. The number of benzene rings is 3. The molecule has 0 radical (unpaired) electrons. The van der Waals surface area contributed by atoms with Crippen LogP contribution in [-0.4, -0.2) is 54.0 Å². The first-order chi connectivity index (χ1) is 20.5. The molecule has 2 heterocycles. The van der Waals surface area contributed by atoms with Gasteiger partial charge in [0.1, 0.15) is 5.75 Å². The summed E-state index contributed by atoms with van der Waals surface area (Å²) in [6, 6.07) is 25.9. The lowest BCUT2D eigenvalue weighted by Gasteiger charge is -2.37. The number of fused-ring (bicyclic) bond motifs is 1. The monoisotopic (exact) mass is 566 g/mol. The number of aromatic amines is 1. The summed E-state index contributed by atoms with van der Waals surface area (Å²) in [6.07, 6.45) is 4.83. The van der Waals surface area contributed by atoms with Crippen molar-refractivity contribution in [3.8, 4) is 5.75 Å². The van der Waals surface area contributed by atoms with Gasteiger partial charge in [-0.2, -0.15) is 0 Å². The molecule has 3 aromatic carbocycles. The average molecular weight is 567 g/mol. The molecule has 8 heteroatoms. The fourth-order valence-electron chi connectivity index (χ4n) is 5.76. The van der Waals surface area contributed by atoms with E-state index in [0.717, 1.165) is 60.1 Å². The molecule has 6 N–H and O–H groups in total. The second-order valence-corrected chi connectivity index (χ2v) is 11.1. The summed E-state index contributed by atoms with van der Waals surface area (Å²) >= 11 is 0. The maximum Gasteiger partial charge on any atom is 0.223 e. The molecule has 0 spiro atoms. The normalized spacial score (nSPS) is 15.2. The van der Waals surface area contributed by atoms with Gasteiger partial charge in [0.15, 0.2) is 0 Å². The fourth-order valence-corrected chi connectivity index (χ4v) is 5.76. The molecule has 1 fully saturated rings. The lowest BCUT2D eigenvalue weighted by atomic mass is 9.95. The lowest BCUT2D eigenvalue weighted by Crippen LogP contribution is -2.59. The zero-order valence-corrected chi connectivity index (χ0v) is 24.3. The topological polar surface area (TPSA) is 119 Å². The molecule has 8 nitrogen and oxygen atoms in total. The summed E-state index contributed by atoms with van der Waals surface area (Å²) in [5.41, 5.74) is 11.4. The van der Waals surface area contributed by atoms with E-state index >= 15 is 0 Å². The van der Waals surface area contributed by atoms with E-state index < -0.39 is 12.2 Å². The minimum Gasteiger partial charge on any atom is -0.497 e. The van der Waals surface area contributed by atoms with Gasteiger partial charge < -0.3 is 31.0 Å². The van der Waals surface area contributed by atoms with Gasteiger partial charge in [0.05, 0.1) is 25.2 Å². The van der Waals surface area contributed by atoms with Gasteiger partial charge in [0, 0.05) is 36.0 Å². The van der Waals surface area contributed by atoms with E-state index in [0.29, 0.717) is 25.2 Å². The summed E-state index contributed by atoms with van der Waals surface area (Å²) < 4.78 is 5.35. The minimum atomic E-state index is -0.616. The highest BCUT2D eigenvalue weighted by Gasteiger charge is 2.31. The summed E-state index contributed by atoms with van der Waals surface area (Å²) in [6.45, 7) is 2.13. The van der Waals surface area contributed by atoms with E-state index in [1.165, 1.54) is 5.56 Å². The van der Waals surface area contributed by atoms with Crippen LogP contribution in [0.25, 0.3) is 10.9 Å². The molecule has 42 heavy (non-hydrogen) atoms. The van der Waals surface area contributed by atoms with Gasteiger partial charge in [0.2, 0.25) is 5.91 Å². The van der Waals surface area contributed by atoms with Crippen LogP contribution in [0.1, 0.15) is 36.0 Å². The van der Waals surface area contributed by atoms with Crippen molar-refractivity contribution < 1.29 is 9.53 Å². The van der Waals surface area contributed by atoms with E-state index in [4.69, 9.17) is 10.5 Å². The number of hydrogen-bond acceptors (Lipinski definition) is 5. The number of methoxy groups -OCH3 is 1. The van der Waals surface area contributed by atoms with Crippen molar-refractivity contribution in [1.29, 1.82) is 5.41 Å². The predicted molar refractivity (Wildman–Crippen MR) is 169 cm³/mol. The van der Waals surface area contributed by atoms with Crippen molar-refractivity contribution in [3.63, 3.8) is 0 Å². The van der Waals surface area contributed by atoms with Crippen LogP contribution in [-0.2, 0) is 24.2 Å². The molecule has 220 valence electrons.